The maximum absolute atomic E-state index is 10.9. The van der Waals surface area contributed by atoms with Gasteiger partial charge in [0.25, 0.3) is 0 Å². The summed E-state index contributed by atoms with van der Waals surface area (Å²) in [4.78, 5) is 14.3. The van der Waals surface area contributed by atoms with Crippen LogP contribution in [0.2, 0.25) is 0 Å². The summed E-state index contributed by atoms with van der Waals surface area (Å²) in [6, 6.07) is 9.21. The molecule has 1 aromatic carbocycles. The summed E-state index contributed by atoms with van der Waals surface area (Å²) in [6.07, 6.45) is 1.44. The van der Waals surface area contributed by atoms with Crippen molar-refractivity contribution in [2.24, 2.45) is 0 Å². The molecular weight excluding hydrogens is 216 g/mol. The summed E-state index contributed by atoms with van der Waals surface area (Å²) in [7, 11) is 0. The Balaban J connectivity index is 2.69. The lowest BCUT2D eigenvalue weighted by Crippen LogP contribution is -1.96. The minimum atomic E-state index is -0.447. The van der Waals surface area contributed by atoms with Gasteiger partial charge in [-0.25, -0.2) is 0 Å². The molecule has 0 fully saturated rings. The summed E-state index contributed by atoms with van der Waals surface area (Å²) < 4.78 is 0. The van der Waals surface area contributed by atoms with Gasteiger partial charge < -0.3 is 10.1 Å². The SMILES string of the molecule is Cc1cccc(-c2cccnc2[N+](=O)[O-])c1C. The summed E-state index contributed by atoms with van der Waals surface area (Å²) >= 11 is 0. The summed E-state index contributed by atoms with van der Waals surface area (Å²) in [5.74, 6) is -0.0961. The number of aryl methyl sites for hydroxylation is 1. The third kappa shape index (κ3) is 2.01. The molecule has 2 aromatic rings. The molecule has 0 aliphatic rings. The van der Waals surface area contributed by atoms with E-state index >= 15 is 0 Å². The summed E-state index contributed by atoms with van der Waals surface area (Å²) in [6.45, 7) is 3.95. The molecule has 2 rings (SSSR count). The van der Waals surface area contributed by atoms with Gasteiger partial charge in [0, 0.05) is 0 Å². The zero-order chi connectivity index (χ0) is 12.4. The molecule has 1 aromatic heterocycles. The smallest absolute Gasteiger partial charge is 0.358 e. The van der Waals surface area contributed by atoms with Crippen molar-refractivity contribution in [2.75, 3.05) is 0 Å². The molecule has 0 N–H and O–H groups in total. The molecule has 0 unspecified atom stereocenters. The lowest BCUT2D eigenvalue weighted by Gasteiger charge is -2.08. The third-order valence-corrected chi connectivity index (χ3v) is 2.85. The van der Waals surface area contributed by atoms with Gasteiger partial charge >= 0.3 is 5.82 Å². The molecule has 0 spiro atoms. The number of benzene rings is 1. The number of nitrogens with zero attached hydrogens (tertiary/aromatic N) is 2. The number of hydrogen-bond acceptors (Lipinski definition) is 3. The van der Waals surface area contributed by atoms with E-state index in [1.54, 1.807) is 12.1 Å². The van der Waals surface area contributed by atoms with Crippen LogP contribution in [0.25, 0.3) is 11.1 Å². The second-order valence-electron chi connectivity index (χ2n) is 3.88. The zero-order valence-corrected chi connectivity index (χ0v) is 9.68. The molecule has 0 saturated heterocycles. The minimum Gasteiger partial charge on any atom is -0.358 e. The van der Waals surface area contributed by atoms with Crippen LogP contribution < -0.4 is 0 Å². The number of rotatable bonds is 2. The van der Waals surface area contributed by atoms with Gasteiger partial charge in [-0.3, -0.25) is 0 Å². The normalized spacial score (nSPS) is 10.2. The highest BCUT2D eigenvalue weighted by molar-refractivity contribution is 5.74. The number of pyridine rings is 1. The minimum absolute atomic E-state index is 0.0961. The Morgan fingerprint density at radius 2 is 1.82 bits per heavy atom. The van der Waals surface area contributed by atoms with Crippen LogP contribution in [-0.4, -0.2) is 9.91 Å². The Morgan fingerprint density at radius 1 is 1.12 bits per heavy atom. The predicted molar refractivity (Wildman–Crippen MR) is 65.8 cm³/mol. The number of nitro groups is 1. The van der Waals surface area contributed by atoms with E-state index in [0.29, 0.717) is 5.56 Å². The first-order valence-corrected chi connectivity index (χ1v) is 5.27. The molecule has 1 heterocycles. The molecule has 0 aliphatic carbocycles. The summed E-state index contributed by atoms with van der Waals surface area (Å²) in [5.41, 5.74) is 3.59. The van der Waals surface area contributed by atoms with Crippen LogP contribution in [-0.2, 0) is 0 Å². The van der Waals surface area contributed by atoms with E-state index in [0.717, 1.165) is 16.7 Å². The second kappa shape index (κ2) is 4.33. The molecule has 17 heavy (non-hydrogen) atoms. The van der Waals surface area contributed by atoms with Crippen molar-refractivity contribution in [3.63, 3.8) is 0 Å². The third-order valence-electron chi connectivity index (χ3n) is 2.85. The van der Waals surface area contributed by atoms with Crippen LogP contribution in [0, 0.1) is 24.0 Å². The lowest BCUT2D eigenvalue weighted by atomic mass is 9.98. The van der Waals surface area contributed by atoms with Gasteiger partial charge in [-0.15, -0.1) is 0 Å². The highest BCUT2D eigenvalue weighted by Gasteiger charge is 2.17. The second-order valence-corrected chi connectivity index (χ2v) is 3.88. The van der Waals surface area contributed by atoms with Crippen LogP contribution in [0.4, 0.5) is 5.82 Å². The monoisotopic (exact) mass is 228 g/mol. The van der Waals surface area contributed by atoms with Crippen LogP contribution in [0.15, 0.2) is 36.5 Å². The van der Waals surface area contributed by atoms with E-state index in [4.69, 9.17) is 0 Å². The number of hydrogen-bond donors (Lipinski definition) is 0. The Bertz CT molecular complexity index is 579. The van der Waals surface area contributed by atoms with Gasteiger partial charge in [0.2, 0.25) is 0 Å². The first-order chi connectivity index (χ1) is 8.11. The number of aromatic nitrogens is 1. The fourth-order valence-electron chi connectivity index (χ4n) is 1.80. The molecule has 4 nitrogen and oxygen atoms in total. The average molecular weight is 228 g/mol. The van der Waals surface area contributed by atoms with Gasteiger partial charge in [0.1, 0.15) is 6.20 Å². The van der Waals surface area contributed by atoms with Crippen LogP contribution in [0.5, 0.6) is 0 Å². The largest absolute Gasteiger partial charge is 0.371 e. The first-order valence-electron chi connectivity index (χ1n) is 5.27. The molecule has 4 heteroatoms. The van der Waals surface area contributed by atoms with Crippen molar-refractivity contribution in [3.8, 4) is 11.1 Å². The van der Waals surface area contributed by atoms with Crippen LogP contribution in [0.3, 0.4) is 0 Å². The van der Waals surface area contributed by atoms with E-state index in [-0.39, 0.29) is 5.82 Å². The quantitative estimate of drug-likeness (QED) is 0.585. The zero-order valence-electron chi connectivity index (χ0n) is 9.68. The summed E-state index contributed by atoms with van der Waals surface area (Å²) in [5, 5.41) is 10.9. The molecule has 0 amide bonds. The highest BCUT2D eigenvalue weighted by atomic mass is 16.6. The molecular formula is C13H12N2O2. The Morgan fingerprint density at radius 3 is 2.53 bits per heavy atom. The predicted octanol–water partition coefficient (Wildman–Crippen LogP) is 3.27. The Hall–Kier alpha value is -2.23. The highest BCUT2D eigenvalue weighted by Crippen LogP contribution is 2.31. The van der Waals surface area contributed by atoms with E-state index < -0.39 is 4.92 Å². The van der Waals surface area contributed by atoms with Gasteiger partial charge in [-0.1, -0.05) is 18.2 Å². The van der Waals surface area contributed by atoms with Gasteiger partial charge in [-0.2, -0.15) is 0 Å². The Labute approximate surface area is 99.1 Å². The molecule has 0 atom stereocenters. The van der Waals surface area contributed by atoms with Gasteiger partial charge in [-0.05, 0) is 52.6 Å². The van der Waals surface area contributed by atoms with Crippen molar-refractivity contribution in [1.82, 2.24) is 4.98 Å². The van der Waals surface area contributed by atoms with Crippen molar-refractivity contribution in [3.05, 3.63) is 57.8 Å². The van der Waals surface area contributed by atoms with E-state index in [9.17, 15) is 10.1 Å². The topological polar surface area (TPSA) is 56.0 Å². The fraction of sp³-hybridized carbons (Fsp3) is 0.154. The molecule has 0 aliphatic heterocycles. The molecule has 86 valence electrons. The van der Waals surface area contributed by atoms with Crippen molar-refractivity contribution >= 4 is 5.82 Å². The van der Waals surface area contributed by atoms with E-state index in [1.807, 2.05) is 32.0 Å². The maximum Gasteiger partial charge on any atom is 0.371 e. The standard InChI is InChI=1S/C13H12N2O2/c1-9-5-3-6-11(10(9)2)12-7-4-8-14-13(12)15(16)17/h3-8H,1-2H3. The molecule has 0 bridgehead atoms. The van der Waals surface area contributed by atoms with Crippen molar-refractivity contribution in [1.29, 1.82) is 0 Å². The van der Waals surface area contributed by atoms with Crippen molar-refractivity contribution in [2.45, 2.75) is 13.8 Å². The average Bonchev–Trinajstić information content (AvgIpc) is 2.33. The fourth-order valence-corrected chi connectivity index (χ4v) is 1.80. The van der Waals surface area contributed by atoms with Gasteiger partial charge in [0.05, 0.1) is 5.56 Å². The van der Waals surface area contributed by atoms with Gasteiger partial charge in [0.15, 0.2) is 0 Å². The van der Waals surface area contributed by atoms with Crippen LogP contribution >= 0.6 is 0 Å². The van der Waals surface area contributed by atoms with Crippen LogP contribution in [0.1, 0.15) is 11.1 Å². The Kier molecular flexibility index (Phi) is 2.87. The first kappa shape index (κ1) is 11.3. The van der Waals surface area contributed by atoms with E-state index in [2.05, 4.69) is 4.98 Å². The maximum atomic E-state index is 10.9. The van der Waals surface area contributed by atoms with E-state index in [1.165, 1.54) is 6.20 Å². The molecule has 0 saturated carbocycles. The van der Waals surface area contributed by atoms with Crippen molar-refractivity contribution < 1.29 is 4.92 Å². The lowest BCUT2D eigenvalue weighted by molar-refractivity contribution is -0.388. The molecule has 0 radical (unpaired) electrons.